The van der Waals surface area contributed by atoms with Crippen molar-refractivity contribution in [1.29, 1.82) is 5.26 Å². The predicted octanol–water partition coefficient (Wildman–Crippen LogP) is 1.88. The average Bonchev–Trinajstić information content (AvgIpc) is 2.31. The summed E-state index contributed by atoms with van der Waals surface area (Å²) in [6, 6.07) is 6.54. The Morgan fingerprint density at radius 1 is 1.44 bits per heavy atom. The fourth-order valence-corrected chi connectivity index (χ4v) is 2.34. The molecule has 0 unspecified atom stereocenters. The highest BCUT2D eigenvalue weighted by molar-refractivity contribution is 5.33. The van der Waals surface area contributed by atoms with E-state index in [1.807, 2.05) is 6.07 Å². The van der Waals surface area contributed by atoms with Gasteiger partial charge in [-0.05, 0) is 37.6 Å². The summed E-state index contributed by atoms with van der Waals surface area (Å²) in [6.45, 7) is 7.83. The van der Waals surface area contributed by atoms with Crippen molar-refractivity contribution in [3.8, 4) is 6.07 Å². The summed E-state index contributed by atoms with van der Waals surface area (Å²) >= 11 is 0. The predicted molar refractivity (Wildman–Crippen MR) is 68.5 cm³/mol. The molecule has 0 atom stereocenters. The van der Waals surface area contributed by atoms with Crippen LogP contribution in [0.2, 0.25) is 0 Å². The zero-order valence-electron chi connectivity index (χ0n) is 10.8. The lowest BCUT2D eigenvalue weighted by Gasteiger charge is -2.42. The molecule has 0 amide bonds. The molecule has 0 saturated carbocycles. The van der Waals surface area contributed by atoms with E-state index in [4.69, 9.17) is 5.26 Å². The molecule has 96 valence electrons. The zero-order valence-corrected chi connectivity index (χ0v) is 10.8. The van der Waals surface area contributed by atoms with Crippen molar-refractivity contribution in [3.63, 3.8) is 0 Å². The number of benzene rings is 1. The highest BCUT2D eigenvalue weighted by Crippen LogP contribution is 2.20. The van der Waals surface area contributed by atoms with Crippen LogP contribution in [0.4, 0.5) is 4.39 Å². The van der Waals surface area contributed by atoms with Crippen LogP contribution < -0.4 is 5.32 Å². The lowest BCUT2D eigenvalue weighted by molar-refractivity contribution is 0.0826. The van der Waals surface area contributed by atoms with Gasteiger partial charge in [-0.25, -0.2) is 4.39 Å². The fourth-order valence-electron chi connectivity index (χ4n) is 2.34. The van der Waals surface area contributed by atoms with Crippen molar-refractivity contribution in [2.45, 2.75) is 25.9 Å². The molecule has 1 saturated heterocycles. The van der Waals surface area contributed by atoms with E-state index in [0.29, 0.717) is 12.1 Å². The van der Waals surface area contributed by atoms with Crippen LogP contribution in [0.25, 0.3) is 0 Å². The molecule has 0 bridgehead atoms. The largest absolute Gasteiger partial charge is 0.314 e. The first kappa shape index (κ1) is 13.0. The van der Waals surface area contributed by atoms with Gasteiger partial charge in [0.1, 0.15) is 5.82 Å². The number of hydrogen-bond acceptors (Lipinski definition) is 3. The molecular formula is C14H18FN3. The number of nitrogens with zero attached hydrogens (tertiary/aromatic N) is 2. The highest BCUT2D eigenvalue weighted by atomic mass is 19.1. The maximum absolute atomic E-state index is 13.4. The third-order valence-corrected chi connectivity index (χ3v) is 3.43. The maximum Gasteiger partial charge on any atom is 0.124 e. The molecule has 1 N–H and O–H groups in total. The van der Waals surface area contributed by atoms with Gasteiger partial charge in [-0.1, -0.05) is 0 Å². The molecule has 1 aromatic carbocycles. The van der Waals surface area contributed by atoms with E-state index < -0.39 is 0 Å². The molecular weight excluding hydrogens is 229 g/mol. The molecule has 1 aliphatic heterocycles. The minimum absolute atomic E-state index is 0.0530. The molecule has 2 rings (SSSR count). The van der Waals surface area contributed by atoms with Crippen LogP contribution in [0.15, 0.2) is 18.2 Å². The Labute approximate surface area is 107 Å². The second kappa shape index (κ2) is 5.05. The van der Waals surface area contributed by atoms with Crippen molar-refractivity contribution < 1.29 is 4.39 Å². The van der Waals surface area contributed by atoms with Crippen molar-refractivity contribution in [3.05, 3.63) is 35.1 Å². The summed E-state index contributed by atoms with van der Waals surface area (Å²) in [6.07, 6.45) is 0. The first-order valence-corrected chi connectivity index (χ1v) is 6.16. The van der Waals surface area contributed by atoms with E-state index >= 15 is 0 Å². The monoisotopic (exact) mass is 247 g/mol. The van der Waals surface area contributed by atoms with Gasteiger partial charge in [0.25, 0.3) is 0 Å². The fraction of sp³-hybridized carbons (Fsp3) is 0.500. The van der Waals surface area contributed by atoms with E-state index in [-0.39, 0.29) is 11.4 Å². The number of nitriles is 1. The quantitative estimate of drug-likeness (QED) is 0.867. The normalized spacial score (nSPS) is 19.4. The molecule has 4 heteroatoms. The molecule has 1 fully saturated rings. The van der Waals surface area contributed by atoms with E-state index in [1.165, 1.54) is 12.1 Å². The lowest BCUT2D eigenvalue weighted by Crippen LogP contribution is -2.57. The summed E-state index contributed by atoms with van der Waals surface area (Å²) in [5, 5.41) is 12.2. The molecule has 0 aromatic heterocycles. The Hall–Kier alpha value is -1.44. The minimum atomic E-state index is -0.336. The third kappa shape index (κ3) is 2.87. The van der Waals surface area contributed by atoms with Crippen molar-refractivity contribution in [2.24, 2.45) is 0 Å². The van der Waals surface area contributed by atoms with Crippen LogP contribution in [-0.2, 0) is 6.54 Å². The number of nitrogens with one attached hydrogen (secondary N) is 1. The topological polar surface area (TPSA) is 39.1 Å². The number of rotatable bonds is 2. The maximum atomic E-state index is 13.4. The summed E-state index contributed by atoms with van der Waals surface area (Å²) in [5.74, 6) is -0.336. The average molecular weight is 247 g/mol. The van der Waals surface area contributed by atoms with Gasteiger partial charge in [-0.3, -0.25) is 4.90 Å². The van der Waals surface area contributed by atoms with Crippen LogP contribution >= 0.6 is 0 Å². The number of halogens is 1. The summed E-state index contributed by atoms with van der Waals surface area (Å²) < 4.78 is 13.4. The van der Waals surface area contributed by atoms with Gasteiger partial charge in [0.15, 0.2) is 0 Å². The molecule has 1 aromatic rings. The first-order valence-electron chi connectivity index (χ1n) is 6.16. The Morgan fingerprint density at radius 3 is 2.89 bits per heavy atom. The van der Waals surface area contributed by atoms with Crippen LogP contribution in [0.3, 0.4) is 0 Å². The van der Waals surface area contributed by atoms with Gasteiger partial charge in [0.2, 0.25) is 0 Å². The van der Waals surface area contributed by atoms with Crippen molar-refractivity contribution in [2.75, 3.05) is 19.6 Å². The smallest absolute Gasteiger partial charge is 0.124 e. The third-order valence-electron chi connectivity index (χ3n) is 3.43. The summed E-state index contributed by atoms with van der Waals surface area (Å²) in [5.41, 5.74) is 1.30. The van der Waals surface area contributed by atoms with Crippen LogP contribution in [0.1, 0.15) is 25.0 Å². The Bertz CT molecular complexity index is 476. The van der Waals surface area contributed by atoms with Gasteiger partial charge >= 0.3 is 0 Å². The van der Waals surface area contributed by atoms with Crippen molar-refractivity contribution in [1.82, 2.24) is 10.2 Å². The van der Waals surface area contributed by atoms with Crippen LogP contribution in [-0.4, -0.2) is 30.1 Å². The van der Waals surface area contributed by atoms with Gasteiger partial charge in [0.05, 0.1) is 11.6 Å². The summed E-state index contributed by atoms with van der Waals surface area (Å²) in [4.78, 5) is 2.32. The van der Waals surface area contributed by atoms with E-state index in [0.717, 1.165) is 25.2 Å². The number of piperazine rings is 1. The zero-order chi connectivity index (χ0) is 13.2. The highest BCUT2D eigenvalue weighted by Gasteiger charge is 2.29. The van der Waals surface area contributed by atoms with Gasteiger partial charge in [-0.15, -0.1) is 0 Å². The van der Waals surface area contributed by atoms with Crippen LogP contribution in [0.5, 0.6) is 0 Å². The molecule has 18 heavy (non-hydrogen) atoms. The summed E-state index contributed by atoms with van der Waals surface area (Å²) in [7, 11) is 0. The Kier molecular flexibility index (Phi) is 3.65. The molecule has 0 radical (unpaired) electrons. The first-order chi connectivity index (χ1) is 8.51. The van der Waals surface area contributed by atoms with E-state index in [2.05, 4.69) is 24.1 Å². The second-order valence-corrected chi connectivity index (χ2v) is 5.37. The van der Waals surface area contributed by atoms with E-state index in [9.17, 15) is 4.39 Å². The van der Waals surface area contributed by atoms with E-state index in [1.54, 1.807) is 6.07 Å². The molecule has 1 aliphatic rings. The van der Waals surface area contributed by atoms with Crippen LogP contribution in [0, 0.1) is 17.1 Å². The Morgan fingerprint density at radius 2 is 2.22 bits per heavy atom. The SMILES string of the molecule is CC1(C)CNCCN1Cc1cc(F)cc(C#N)c1. The molecule has 1 heterocycles. The molecule has 0 aliphatic carbocycles. The standard InChI is InChI=1S/C14H18FN3/c1-14(2)10-17-3-4-18(14)9-12-5-11(8-16)6-13(15)7-12/h5-7,17H,3-4,9-10H2,1-2H3. The lowest BCUT2D eigenvalue weighted by atomic mass is 9.99. The molecule has 0 spiro atoms. The van der Waals surface area contributed by atoms with Gasteiger partial charge in [-0.2, -0.15) is 5.26 Å². The Balaban J connectivity index is 2.18. The van der Waals surface area contributed by atoms with Crippen molar-refractivity contribution >= 4 is 0 Å². The minimum Gasteiger partial charge on any atom is -0.314 e. The van der Waals surface area contributed by atoms with Gasteiger partial charge in [0, 0.05) is 31.7 Å². The number of hydrogen-bond donors (Lipinski definition) is 1. The van der Waals surface area contributed by atoms with Gasteiger partial charge < -0.3 is 5.32 Å². The second-order valence-electron chi connectivity index (χ2n) is 5.37. The molecule has 3 nitrogen and oxygen atoms in total.